The predicted molar refractivity (Wildman–Crippen MR) is 86.1 cm³/mol. The first-order valence-electron chi connectivity index (χ1n) is 7.00. The second-order valence-electron chi connectivity index (χ2n) is 4.80. The van der Waals surface area contributed by atoms with Gasteiger partial charge in [-0.3, -0.25) is 4.79 Å². The molecule has 0 atom stereocenters. The van der Waals surface area contributed by atoms with E-state index in [1.165, 1.54) is 6.07 Å². The number of carbonyl (C=O) groups excluding carboxylic acids is 2. The number of hydrogen-bond acceptors (Lipinski definition) is 3. The first kappa shape index (κ1) is 17.0. The van der Waals surface area contributed by atoms with Crippen molar-refractivity contribution in [1.82, 2.24) is 0 Å². The lowest BCUT2D eigenvalue weighted by atomic mass is 10.1. The fraction of sp³-hybridized carbons (Fsp3) is 0.176. The highest BCUT2D eigenvalue weighted by Gasteiger charge is 2.14. The average Bonchev–Trinajstić information content (AvgIpc) is 2.55. The second kappa shape index (κ2) is 7.74. The zero-order chi connectivity index (χ0) is 16.8. The Bertz CT molecular complexity index is 716. The van der Waals surface area contributed by atoms with Gasteiger partial charge in [-0.25, -0.2) is 9.18 Å². The molecule has 0 aliphatic heterocycles. The van der Waals surface area contributed by atoms with E-state index < -0.39 is 24.3 Å². The summed E-state index contributed by atoms with van der Waals surface area (Å²) in [6, 6.07) is 10.7. The average molecular weight is 336 g/mol. The molecule has 0 saturated heterocycles. The molecule has 2 aromatic rings. The normalized spacial score (nSPS) is 10.2. The van der Waals surface area contributed by atoms with Crippen LogP contribution < -0.4 is 5.32 Å². The third-order valence-electron chi connectivity index (χ3n) is 3.13. The predicted octanol–water partition coefficient (Wildman–Crippen LogP) is 3.84. The van der Waals surface area contributed by atoms with E-state index in [9.17, 15) is 14.0 Å². The van der Waals surface area contributed by atoms with Gasteiger partial charge in [-0.15, -0.1) is 0 Å². The molecule has 0 aromatic heterocycles. The largest absolute Gasteiger partial charge is 0.452 e. The minimum Gasteiger partial charge on any atom is -0.452 e. The van der Waals surface area contributed by atoms with Gasteiger partial charge in [0, 0.05) is 5.69 Å². The summed E-state index contributed by atoms with van der Waals surface area (Å²) in [7, 11) is 0. The number of halogens is 2. The van der Waals surface area contributed by atoms with E-state index >= 15 is 0 Å². The summed E-state index contributed by atoms with van der Waals surface area (Å²) < 4.78 is 18.0. The number of rotatable bonds is 5. The van der Waals surface area contributed by atoms with E-state index in [0.29, 0.717) is 5.69 Å². The molecule has 23 heavy (non-hydrogen) atoms. The van der Waals surface area contributed by atoms with Crippen LogP contribution in [0.15, 0.2) is 42.5 Å². The van der Waals surface area contributed by atoms with E-state index in [1.807, 2.05) is 19.1 Å². The summed E-state index contributed by atoms with van der Waals surface area (Å²) in [5.41, 5.74) is 1.63. The van der Waals surface area contributed by atoms with E-state index in [4.69, 9.17) is 16.3 Å². The number of hydrogen-bond donors (Lipinski definition) is 1. The molecule has 0 heterocycles. The van der Waals surface area contributed by atoms with E-state index in [1.54, 1.807) is 12.1 Å². The fourth-order valence-electron chi connectivity index (χ4n) is 1.88. The standard InChI is InChI=1S/C17H15ClFNO3/c1-2-11-3-6-13(7-4-11)20-16(21)10-23-17(22)14-9-12(19)5-8-15(14)18/h3-9H,2,10H2,1H3,(H,20,21). The molecule has 6 heteroatoms. The third-order valence-corrected chi connectivity index (χ3v) is 3.46. The molecule has 4 nitrogen and oxygen atoms in total. The summed E-state index contributed by atoms with van der Waals surface area (Å²) in [4.78, 5) is 23.6. The Kier molecular flexibility index (Phi) is 5.71. The van der Waals surface area contributed by atoms with Crippen LogP contribution in [-0.4, -0.2) is 18.5 Å². The third kappa shape index (κ3) is 4.79. The zero-order valence-corrected chi connectivity index (χ0v) is 13.2. The first-order chi connectivity index (χ1) is 11.0. The van der Waals surface area contributed by atoms with Gasteiger partial charge < -0.3 is 10.1 Å². The quantitative estimate of drug-likeness (QED) is 0.845. The van der Waals surface area contributed by atoms with Gasteiger partial charge in [-0.05, 0) is 42.3 Å². The van der Waals surface area contributed by atoms with Crippen LogP contribution in [0.25, 0.3) is 0 Å². The van der Waals surface area contributed by atoms with Gasteiger partial charge in [-0.1, -0.05) is 30.7 Å². The van der Waals surface area contributed by atoms with E-state index in [2.05, 4.69) is 5.32 Å². The highest BCUT2D eigenvalue weighted by atomic mass is 35.5. The topological polar surface area (TPSA) is 55.4 Å². The Balaban J connectivity index is 1.90. The molecule has 0 spiro atoms. The van der Waals surface area contributed by atoms with Crippen molar-refractivity contribution in [3.8, 4) is 0 Å². The first-order valence-corrected chi connectivity index (χ1v) is 7.38. The number of nitrogens with one attached hydrogen (secondary N) is 1. The minimum absolute atomic E-state index is 0.0620. The number of aryl methyl sites for hydroxylation is 1. The van der Waals surface area contributed by atoms with Crippen LogP contribution in [0.5, 0.6) is 0 Å². The highest BCUT2D eigenvalue weighted by Crippen LogP contribution is 2.18. The van der Waals surface area contributed by atoms with Gasteiger partial charge in [0.15, 0.2) is 6.61 Å². The van der Waals surface area contributed by atoms with Crippen LogP contribution in [0.1, 0.15) is 22.8 Å². The molecule has 0 unspecified atom stereocenters. The molecule has 120 valence electrons. The van der Waals surface area contributed by atoms with Crippen LogP contribution >= 0.6 is 11.6 Å². The van der Waals surface area contributed by atoms with Crippen molar-refractivity contribution in [2.45, 2.75) is 13.3 Å². The minimum atomic E-state index is -0.856. The van der Waals surface area contributed by atoms with Crippen LogP contribution in [0, 0.1) is 5.82 Å². The number of esters is 1. The Morgan fingerprint density at radius 1 is 1.17 bits per heavy atom. The van der Waals surface area contributed by atoms with Crippen molar-refractivity contribution in [2.75, 3.05) is 11.9 Å². The van der Waals surface area contributed by atoms with Crippen molar-refractivity contribution >= 4 is 29.2 Å². The van der Waals surface area contributed by atoms with Gasteiger partial charge in [0.2, 0.25) is 0 Å². The SMILES string of the molecule is CCc1ccc(NC(=O)COC(=O)c2cc(F)ccc2Cl)cc1. The van der Waals surface area contributed by atoms with Gasteiger partial charge in [0.25, 0.3) is 5.91 Å². The second-order valence-corrected chi connectivity index (χ2v) is 5.21. The van der Waals surface area contributed by atoms with Gasteiger partial charge in [0.05, 0.1) is 10.6 Å². The Hall–Kier alpha value is -2.40. The molecule has 0 fully saturated rings. The molecule has 0 radical (unpaired) electrons. The number of ether oxygens (including phenoxy) is 1. The van der Waals surface area contributed by atoms with Gasteiger partial charge in [0.1, 0.15) is 5.82 Å². The molecular formula is C17H15ClFNO3. The molecule has 1 N–H and O–H groups in total. The molecule has 0 saturated carbocycles. The molecule has 0 aliphatic carbocycles. The zero-order valence-electron chi connectivity index (χ0n) is 12.4. The van der Waals surface area contributed by atoms with E-state index in [-0.39, 0.29) is 10.6 Å². The summed E-state index contributed by atoms with van der Waals surface area (Å²) >= 11 is 5.80. The number of anilines is 1. The number of amides is 1. The maximum atomic E-state index is 13.1. The summed E-state index contributed by atoms with van der Waals surface area (Å²) in [5.74, 6) is -1.96. The Labute approximate surface area is 138 Å². The molecule has 2 aromatic carbocycles. The lowest BCUT2D eigenvalue weighted by Gasteiger charge is -2.08. The number of carbonyl (C=O) groups is 2. The van der Waals surface area contributed by atoms with Crippen molar-refractivity contribution in [1.29, 1.82) is 0 Å². The van der Waals surface area contributed by atoms with Crippen LogP contribution in [0.4, 0.5) is 10.1 Å². The molecular weight excluding hydrogens is 321 g/mol. The molecule has 1 amide bonds. The lowest BCUT2D eigenvalue weighted by molar-refractivity contribution is -0.119. The molecule has 2 rings (SSSR count). The van der Waals surface area contributed by atoms with Gasteiger partial charge in [-0.2, -0.15) is 0 Å². The maximum Gasteiger partial charge on any atom is 0.340 e. The maximum absolute atomic E-state index is 13.1. The van der Waals surface area contributed by atoms with E-state index in [0.717, 1.165) is 24.1 Å². The van der Waals surface area contributed by atoms with Crippen LogP contribution in [-0.2, 0) is 16.0 Å². The Morgan fingerprint density at radius 2 is 1.87 bits per heavy atom. The van der Waals surface area contributed by atoms with Crippen molar-refractivity contribution < 1.29 is 18.7 Å². The summed E-state index contributed by atoms with van der Waals surface area (Å²) in [6.45, 7) is 1.55. The van der Waals surface area contributed by atoms with Crippen LogP contribution in [0.2, 0.25) is 5.02 Å². The monoisotopic (exact) mass is 335 g/mol. The number of benzene rings is 2. The fourth-order valence-corrected chi connectivity index (χ4v) is 2.08. The van der Waals surface area contributed by atoms with Crippen LogP contribution in [0.3, 0.4) is 0 Å². The molecule has 0 aliphatic rings. The summed E-state index contributed by atoms with van der Waals surface area (Å²) in [6.07, 6.45) is 0.903. The molecule has 0 bridgehead atoms. The lowest BCUT2D eigenvalue weighted by Crippen LogP contribution is -2.21. The highest BCUT2D eigenvalue weighted by molar-refractivity contribution is 6.33. The van der Waals surface area contributed by atoms with Gasteiger partial charge >= 0.3 is 5.97 Å². The summed E-state index contributed by atoms with van der Waals surface area (Å²) in [5, 5.41) is 2.66. The van der Waals surface area contributed by atoms with Crippen molar-refractivity contribution in [2.24, 2.45) is 0 Å². The van der Waals surface area contributed by atoms with Crippen molar-refractivity contribution in [3.05, 3.63) is 64.4 Å². The Morgan fingerprint density at radius 3 is 2.52 bits per heavy atom. The van der Waals surface area contributed by atoms with Crippen molar-refractivity contribution in [3.63, 3.8) is 0 Å². The smallest absolute Gasteiger partial charge is 0.340 e.